The summed E-state index contributed by atoms with van der Waals surface area (Å²) >= 11 is 0. The third-order valence-electron chi connectivity index (χ3n) is 6.73. The minimum absolute atomic E-state index is 0.128. The van der Waals surface area contributed by atoms with Crippen molar-refractivity contribution in [3.8, 4) is 0 Å². The zero-order valence-corrected chi connectivity index (χ0v) is 17.0. The van der Waals surface area contributed by atoms with Gasteiger partial charge in [-0.3, -0.25) is 0 Å². The van der Waals surface area contributed by atoms with E-state index in [0.717, 1.165) is 6.92 Å². The smallest absolute Gasteiger partial charge is 0.341 e. The van der Waals surface area contributed by atoms with Crippen LogP contribution in [0.25, 0.3) is 0 Å². The van der Waals surface area contributed by atoms with Crippen LogP contribution < -0.4 is 0 Å². The van der Waals surface area contributed by atoms with Crippen LogP contribution in [0.5, 0.6) is 0 Å². The van der Waals surface area contributed by atoms with Crippen LogP contribution in [0, 0.1) is 5.92 Å². The number of fused-ring (bicyclic) bond motifs is 3. The van der Waals surface area contributed by atoms with Gasteiger partial charge < -0.3 is 35.0 Å². The molecule has 2 aliphatic carbocycles. The lowest BCUT2D eigenvalue weighted by atomic mass is 9.75. The predicted octanol–water partition coefficient (Wildman–Crippen LogP) is -0.905. The van der Waals surface area contributed by atoms with Gasteiger partial charge in [-0.15, -0.1) is 0 Å². The maximum atomic E-state index is 12.3. The molecule has 2 fully saturated rings. The van der Waals surface area contributed by atoms with Crippen LogP contribution in [0.4, 0.5) is 0 Å². The van der Waals surface area contributed by atoms with Crippen LogP contribution in [0.15, 0.2) is 22.8 Å². The molecule has 0 aromatic carbocycles. The van der Waals surface area contributed by atoms with Crippen LogP contribution in [0.3, 0.4) is 0 Å². The summed E-state index contributed by atoms with van der Waals surface area (Å²) in [5.74, 6) is -2.91. The second kappa shape index (κ2) is 6.61. The molecular weight excluding hydrogens is 384 g/mol. The molecule has 29 heavy (non-hydrogen) atoms. The molecule has 1 saturated carbocycles. The fourth-order valence-corrected chi connectivity index (χ4v) is 4.79. The molecule has 0 spiro atoms. The molecule has 1 heterocycles. The fraction of sp³-hybridized carbons (Fsp3) is 0.700. The Morgan fingerprint density at radius 1 is 1.24 bits per heavy atom. The third kappa shape index (κ3) is 2.79. The monoisotopic (exact) mass is 412 g/mol. The summed E-state index contributed by atoms with van der Waals surface area (Å²) in [4.78, 5) is 24.5. The van der Waals surface area contributed by atoms with E-state index >= 15 is 0 Å². The van der Waals surface area contributed by atoms with Gasteiger partial charge in [0.05, 0.1) is 11.7 Å². The SMILES string of the molecule is C/C=C(/C)C(=O)O[C@H]1C(C)=C2[C@H]([C@@H]1O)[C@](C)(O)C[C@H](O)[C@@]1(O)[C@H]2OC(=O)[C@@]1(C)O. The maximum absolute atomic E-state index is 12.3. The van der Waals surface area contributed by atoms with Gasteiger partial charge in [-0.25, -0.2) is 9.59 Å². The van der Waals surface area contributed by atoms with E-state index in [1.54, 1.807) is 19.9 Å². The fourth-order valence-electron chi connectivity index (χ4n) is 4.79. The van der Waals surface area contributed by atoms with E-state index in [2.05, 4.69) is 0 Å². The Kier molecular flexibility index (Phi) is 5.00. The lowest BCUT2D eigenvalue weighted by Gasteiger charge is -2.38. The van der Waals surface area contributed by atoms with Gasteiger partial charge >= 0.3 is 11.9 Å². The summed E-state index contributed by atoms with van der Waals surface area (Å²) in [5.41, 5.74) is -5.94. The number of carbonyl (C=O) groups is 2. The Morgan fingerprint density at radius 3 is 2.38 bits per heavy atom. The normalized spacial score (nSPS) is 47.4. The highest BCUT2D eigenvalue weighted by molar-refractivity contribution is 5.88. The molecule has 8 atom stereocenters. The Hall–Kier alpha value is -1.78. The van der Waals surface area contributed by atoms with Crippen LogP contribution in [0.1, 0.15) is 41.0 Å². The minimum Gasteiger partial charge on any atom is -0.452 e. The molecule has 0 radical (unpaired) electrons. The molecule has 162 valence electrons. The standard InChI is InChI=1S/C20H28O9/c1-6-8(2)16(23)28-14-9(3)11-12(13(14)22)18(4,25)7-10(21)20(27)15(11)29-17(24)19(20,5)26/h6,10,12-15,21-22,25-27H,7H2,1-5H3/b8-6-/t10-,12+,13-,14-,15-,18+,19+,20+/m0/s1. The first kappa shape index (κ1) is 21.9. The van der Waals surface area contributed by atoms with Crippen molar-refractivity contribution in [2.75, 3.05) is 0 Å². The third-order valence-corrected chi connectivity index (χ3v) is 6.73. The van der Waals surface area contributed by atoms with Crippen molar-refractivity contribution < 1.29 is 44.6 Å². The highest BCUT2D eigenvalue weighted by Crippen LogP contribution is 2.55. The lowest BCUT2D eigenvalue weighted by molar-refractivity contribution is -0.191. The zero-order valence-electron chi connectivity index (χ0n) is 17.0. The summed E-state index contributed by atoms with van der Waals surface area (Å²) in [7, 11) is 0. The second-order valence-electron chi connectivity index (χ2n) is 8.66. The van der Waals surface area contributed by atoms with E-state index in [1.807, 2.05) is 0 Å². The molecule has 3 rings (SSSR count). The number of allylic oxidation sites excluding steroid dienone is 1. The Bertz CT molecular complexity index is 809. The highest BCUT2D eigenvalue weighted by atomic mass is 16.6. The molecule has 0 unspecified atom stereocenters. The van der Waals surface area contributed by atoms with Gasteiger partial charge in [0, 0.05) is 17.9 Å². The van der Waals surface area contributed by atoms with Crippen LogP contribution in [0.2, 0.25) is 0 Å². The summed E-state index contributed by atoms with van der Waals surface area (Å²) in [6.45, 7) is 7.12. The molecule has 9 heteroatoms. The summed E-state index contributed by atoms with van der Waals surface area (Å²) in [5, 5.41) is 54.5. The Morgan fingerprint density at radius 2 is 1.83 bits per heavy atom. The van der Waals surface area contributed by atoms with Gasteiger partial charge in [-0.05, 0) is 45.8 Å². The predicted molar refractivity (Wildman–Crippen MR) is 98.2 cm³/mol. The van der Waals surface area contributed by atoms with Gasteiger partial charge in [-0.2, -0.15) is 0 Å². The first-order valence-corrected chi connectivity index (χ1v) is 9.50. The largest absolute Gasteiger partial charge is 0.452 e. The van der Waals surface area contributed by atoms with Crippen LogP contribution >= 0.6 is 0 Å². The number of ether oxygens (including phenoxy) is 2. The number of esters is 2. The van der Waals surface area contributed by atoms with E-state index in [0.29, 0.717) is 5.57 Å². The van der Waals surface area contributed by atoms with Crippen molar-refractivity contribution in [3.63, 3.8) is 0 Å². The van der Waals surface area contributed by atoms with Crippen LogP contribution in [-0.4, -0.2) is 78.7 Å². The molecule has 3 aliphatic rings. The number of hydrogen-bond acceptors (Lipinski definition) is 9. The van der Waals surface area contributed by atoms with E-state index < -0.39 is 65.5 Å². The van der Waals surface area contributed by atoms with Gasteiger partial charge in [0.25, 0.3) is 0 Å². The van der Waals surface area contributed by atoms with Crippen molar-refractivity contribution in [2.45, 2.75) is 82.3 Å². The first-order valence-electron chi connectivity index (χ1n) is 9.50. The number of carbonyl (C=O) groups excluding carboxylic acids is 2. The number of rotatable bonds is 2. The van der Waals surface area contributed by atoms with Crippen molar-refractivity contribution in [1.29, 1.82) is 0 Å². The topological polar surface area (TPSA) is 154 Å². The summed E-state index contributed by atoms with van der Waals surface area (Å²) in [6, 6.07) is 0. The van der Waals surface area contributed by atoms with Gasteiger partial charge in [0.2, 0.25) is 0 Å². The first-order chi connectivity index (χ1) is 13.2. The Balaban J connectivity index is 2.16. The quantitative estimate of drug-likeness (QED) is 0.220. The minimum atomic E-state index is -2.46. The molecule has 5 N–H and O–H groups in total. The number of aliphatic hydroxyl groups excluding tert-OH is 2. The van der Waals surface area contributed by atoms with Crippen molar-refractivity contribution in [2.24, 2.45) is 5.92 Å². The van der Waals surface area contributed by atoms with E-state index in [4.69, 9.17) is 9.47 Å². The molecule has 9 nitrogen and oxygen atoms in total. The Labute approximate surface area is 168 Å². The average Bonchev–Trinajstić information content (AvgIpc) is 2.95. The van der Waals surface area contributed by atoms with E-state index in [-0.39, 0.29) is 11.1 Å². The van der Waals surface area contributed by atoms with Gasteiger partial charge in [0.15, 0.2) is 17.3 Å². The molecule has 0 aromatic rings. The zero-order chi connectivity index (χ0) is 22.1. The molecule has 0 aromatic heterocycles. The molecule has 1 saturated heterocycles. The summed E-state index contributed by atoms with van der Waals surface area (Å²) < 4.78 is 10.7. The number of aliphatic hydroxyl groups is 5. The molecule has 1 aliphatic heterocycles. The average molecular weight is 412 g/mol. The van der Waals surface area contributed by atoms with Gasteiger partial charge in [-0.1, -0.05) is 6.08 Å². The van der Waals surface area contributed by atoms with Crippen molar-refractivity contribution in [1.82, 2.24) is 0 Å². The van der Waals surface area contributed by atoms with Crippen molar-refractivity contribution >= 4 is 11.9 Å². The summed E-state index contributed by atoms with van der Waals surface area (Å²) in [6.07, 6.45) is -4.74. The molecular formula is C20H28O9. The second-order valence-corrected chi connectivity index (χ2v) is 8.66. The van der Waals surface area contributed by atoms with E-state index in [1.165, 1.54) is 13.8 Å². The lowest BCUT2D eigenvalue weighted by Crippen LogP contribution is -2.63. The van der Waals surface area contributed by atoms with Gasteiger partial charge in [0.1, 0.15) is 12.2 Å². The highest BCUT2D eigenvalue weighted by Gasteiger charge is 2.73. The molecule has 0 bridgehead atoms. The molecule has 0 amide bonds. The maximum Gasteiger partial charge on any atom is 0.341 e. The van der Waals surface area contributed by atoms with E-state index in [9.17, 15) is 35.1 Å². The van der Waals surface area contributed by atoms with Crippen LogP contribution in [-0.2, 0) is 19.1 Å². The van der Waals surface area contributed by atoms with Crippen molar-refractivity contribution in [3.05, 3.63) is 22.8 Å². The number of hydrogen-bond donors (Lipinski definition) is 5.